The Kier molecular flexibility index (Phi) is 3.27. The zero-order valence-corrected chi connectivity index (χ0v) is 23.9. The van der Waals surface area contributed by atoms with Gasteiger partial charge in [-0.3, -0.25) is 4.57 Å². The minimum atomic E-state index is -3.67. The molecule has 0 aliphatic heterocycles. The maximum Gasteiger partial charge on any atom is 0.238 e. The maximum absolute atomic E-state index is 9.47. The summed E-state index contributed by atoms with van der Waals surface area (Å²) in [5.74, 6) is -0.287. The van der Waals surface area contributed by atoms with Gasteiger partial charge in [-0.15, -0.1) is 0 Å². The first-order valence-corrected chi connectivity index (χ1v) is 14.4. The molecule has 0 saturated carbocycles. The molecule has 46 heavy (non-hydrogen) atoms. The van der Waals surface area contributed by atoms with E-state index < -0.39 is 113 Å². The lowest BCUT2D eigenvalue weighted by atomic mass is 9.81. The summed E-state index contributed by atoms with van der Waals surface area (Å²) in [4.78, 5) is 14.4. The Hall–Kier alpha value is -5.87. The highest BCUT2D eigenvalue weighted by Gasteiger charge is 2.38. The van der Waals surface area contributed by atoms with Gasteiger partial charge in [0.05, 0.1) is 24.7 Å². The highest BCUT2D eigenvalue weighted by atomic mass is 15.2. The molecule has 4 heteroatoms. The van der Waals surface area contributed by atoms with Crippen LogP contribution in [0, 0.1) is 0 Å². The smallest absolute Gasteiger partial charge is 0.238 e. The van der Waals surface area contributed by atoms with Crippen molar-refractivity contribution in [1.82, 2.24) is 19.5 Å². The third kappa shape index (κ3) is 3.97. The van der Waals surface area contributed by atoms with Gasteiger partial charge in [-0.2, -0.15) is 9.97 Å². The van der Waals surface area contributed by atoms with Gasteiger partial charge in [-0.05, 0) is 39.4 Å². The normalized spacial score (nSPS) is 18.7. The predicted octanol–water partition coefficient (Wildman–Crippen LogP) is 10.3. The van der Waals surface area contributed by atoms with Crippen molar-refractivity contribution in [3.8, 4) is 51.0 Å². The Morgan fingerprint density at radius 1 is 0.565 bits per heavy atom. The SMILES string of the molecule is [2H]c1c([2H])c([2H])c2c(c1[2H])-c1c([2H])c([2H])c3c4c([2H])c([2H])c([2H])c([2H])c4n(-c4nc(-c5ccccc5)nc(-c5ccc(-c6ccccc6)cc5)n4)c3c1C2(C([2H])([2H])[2H])C([2H])([2H])[2H]. The van der Waals surface area contributed by atoms with Crippen molar-refractivity contribution in [2.24, 2.45) is 0 Å². The molecule has 0 bridgehead atoms. The molecular formula is C42H30N4. The van der Waals surface area contributed by atoms with Gasteiger partial charge in [0.25, 0.3) is 0 Å². The third-order valence-corrected chi connectivity index (χ3v) is 8.19. The second-order valence-electron chi connectivity index (χ2n) is 10.9. The largest absolute Gasteiger partial charge is 0.277 e. The zero-order chi connectivity index (χ0) is 44.5. The van der Waals surface area contributed by atoms with E-state index >= 15 is 0 Å². The average molecular weight is 607 g/mol. The van der Waals surface area contributed by atoms with Crippen LogP contribution in [0.4, 0.5) is 0 Å². The zero-order valence-electron chi connectivity index (χ0n) is 39.9. The van der Waals surface area contributed by atoms with E-state index in [4.69, 9.17) is 32.8 Å². The van der Waals surface area contributed by atoms with Crippen LogP contribution in [0.5, 0.6) is 0 Å². The molecule has 2 aromatic heterocycles. The lowest BCUT2D eigenvalue weighted by Gasteiger charge is -2.23. The van der Waals surface area contributed by atoms with Gasteiger partial charge >= 0.3 is 0 Å². The Bertz CT molecular complexity index is 3180. The molecule has 2 heterocycles. The molecule has 0 amide bonds. The molecule has 0 fully saturated rings. The summed E-state index contributed by atoms with van der Waals surface area (Å²) in [6.45, 7) is -7.34. The Morgan fingerprint density at radius 2 is 1.17 bits per heavy atom. The van der Waals surface area contributed by atoms with Crippen LogP contribution in [0.2, 0.25) is 0 Å². The van der Waals surface area contributed by atoms with E-state index in [0.29, 0.717) is 11.1 Å². The predicted molar refractivity (Wildman–Crippen MR) is 188 cm³/mol. The number of nitrogens with zero attached hydrogens (tertiary/aromatic N) is 4. The fourth-order valence-electron chi connectivity index (χ4n) is 6.07. The summed E-state index contributed by atoms with van der Waals surface area (Å²) in [5, 5.41) is -0.810. The van der Waals surface area contributed by atoms with E-state index in [9.17, 15) is 4.11 Å². The summed E-state index contributed by atoms with van der Waals surface area (Å²) in [5.41, 5.74) is -4.23. The van der Waals surface area contributed by atoms with Crippen molar-refractivity contribution < 1.29 is 21.9 Å². The number of fused-ring (bicyclic) bond motifs is 7. The summed E-state index contributed by atoms with van der Waals surface area (Å²) in [6.07, 6.45) is 0. The second-order valence-corrected chi connectivity index (χ2v) is 10.9. The molecule has 4 nitrogen and oxygen atoms in total. The molecule has 1 aliphatic rings. The monoisotopic (exact) mass is 606 g/mol. The van der Waals surface area contributed by atoms with Crippen LogP contribution in [0.25, 0.3) is 72.8 Å². The van der Waals surface area contributed by atoms with Gasteiger partial charge in [-0.25, -0.2) is 4.98 Å². The summed E-state index contributed by atoms with van der Waals surface area (Å²) in [6, 6.07) is 17.4. The summed E-state index contributed by atoms with van der Waals surface area (Å²) >= 11 is 0. The molecular weight excluding hydrogens is 560 g/mol. The van der Waals surface area contributed by atoms with Crippen LogP contribution < -0.4 is 0 Å². The topological polar surface area (TPSA) is 43.6 Å². The Morgan fingerprint density at radius 3 is 1.91 bits per heavy atom. The number of aromatic nitrogens is 4. The van der Waals surface area contributed by atoms with Crippen LogP contribution in [0.15, 0.2) is 145 Å². The van der Waals surface area contributed by atoms with E-state index in [1.165, 1.54) is 0 Å². The van der Waals surface area contributed by atoms with Gasteiger partial charge in [0.1, 0.15) is 0 Å². The van der Waals surface area contributed by atoms with Crippen molar-refractivity contribution in [3.63, 3.8) is 0 Å². The fraction of sp³-hybridized carbons (Fsp3) is 0.0714. The van der Waals surface area contributed by atoms with E-state index in [2.05, 4.69) is 0 Å². The maximum atomic E-state index is 9.47. The lowest BCUT2D eigenvalue weighted by molar-refractivity contribution is 0.663. The Balaban J connectivity index is 1.53. The van der Waals surface area contributed by atoms with Gasteiger partial charge < -0.3 is 0 Å². The summed E-state index contributed by atoms with van der Waals surface area (Å²) in [7, 11) is 0. The number of hydrogen-bond donors (Lipinski definition) is 0. The van der Waals surface area contributed by atoms with Crippen molar-refractivity contribution >= 4 is 21.8 Å². The highest BCUT2D eigenvalue weighted by molar-refractivity contribution is 6.12. The van der Waals surface area contributed by atoms with E-state index in [1.807, 2.05) is 42.5 Å². The van der Waals surface area contributed by atoms with Crippen LogP contribution in [0.1, 0.15) is 46.8 Å². The first kappa shape index (κ1) is 14.9. The molecule has 6 aromatic carbocycles. The second kappa shape index (κ2) is 10.1. The molecule has 8 aromatic rings. The lowest BCUT2D eigenvalue weighted by Crippen LogP contribution is -2.17. The van der Waals surface area contributed by atoms with Crippen molar-refractivity contribution in [3.05, 3.63) is 156 Å². The molecule has 0 spiro atoms. The molecule has 0 N–H and O–H groups in total. The van der Waals surface area contributed by atoms with Crippen LogP contribution in [-0.2, 0) is 5.41 Å². The van der Waals surface area contributed by atoms with Crippen LogP contribution in [-0.4, -0.2) is 19.5 Å². The molecule has 0 saturated heterocycles. The van der Waals surface area contributed by atoms with Crippen LogP contribution >= 0.6 is 0 Å². The van der Waals surface area contributed by atoms with Crippen molar-refractivity contribution in [2.45, 2.75) is 19.1 Å². The van der Waals surface area contributed by atoms with E-state index in [1.54, 1.807) is 42.5 Å². The van der Waals surface area contributed by atoms with Crippen molar-refractivity contribution in [1.29, 1.82) is 0 Å². The van der Waals surface area contributed by atoms with Gasteiger partial charge in [0, 0.05) is 35.5 Å². The first-order chi connectivity index (χ1) is 29.2. The minimum Gasteiger partial charge on any atom is -0.277 e. The number of rotatable bonds is 4. The van der Waals surface area contributed by atoms with Crippen molar-refractivity contribution in [2.75, 3.05) is 0 Å². The molecule has 1 aliphatic carbocycles. The standard InChI is InChI=1S/C42H30N4/c1-42(2)35-19-11-9-17-31(35)33-25-26-34-32-18-10-12-20-36(32)46(38(34)37(33)42)41-44-39(29-15-7-4-8-16-29)43-40(45-41)30-23-21-28(22-24-30)27-13-5-3-6-14-27/h3-26H,1-2H3/i1D3,2D3,9D,10D,11D,12D,17D,18D,19D,20D,25D,26D. The number of para-hydroxylation sites is 1. The number of hydrogen-bond acceptors (Lipinski definition) is 3. The molecule has 0 atom stereocenters. The highest BCUT2D eigenvalue weighted by Crippen LogP contribution is 2.52. The molecule has 9 rings (SSSR count). The average Bonchev–Trinajstić information content (AvgIpc) is 3.79. The van der Waals surface area contributed by atoms with Gasteiger partial charge in [0.15, 0.2) is 11.6 Å². The minimum absolute atomic E-state index is 0.0462. The van der Waals surface area contributed by atoms with E-state index in [-0.39, 0.29) is 28.5 Å². The number of benzene rings is 6. The van der Waals surface area contributed by atoms with E-state index in [0.717, 1.165) is 15.7 Å². The van der Waals surface area contributed by atoms with Gasteiger partial charge in [0.2, 0.25) is 5.95 Å². The summed E-state index contributed by atoms with van der Waals surface area (Å²) < 4.78 is 145. The Labute approximate surface area is 290 Å². The van der Waals surface area contributed by atoms with Gasteiger partial charge in [-0.1, -0.05) is 153 Å². The molecule has 218 valence electrons. The third-order valence-electron chi connectivity index (χ3n) is 8.19. The fourth-order valence-corrected chi connectivity index (χ4v) is 6.07. The quantitative estimate of drug-likeness (QED) is 0.200. The molecule has 0 unspecified atom stereocenters. The van der Waals surface area contributed by atoms with Crippen LogP contribution in [0.3, 0.4) is 0 Å². The first-order valence-electron chi connectivity index (χ1n) is 22.4. The molecule has 0 radical (unpaired) electrons.